The van der Waals surface area contributed by atoms with Crippen molar-refractivity contribution < 1.29 is 14.7 Å². The predicted molar refractivity (Wildman–Crippen MR) is 83.4 cm³/mol. The van der Waals surface area contributed by atoms with Gasteiger partial charge in [0, 0.05) is 30.8 Å². The van der Waals surface area contributed by atoms with E-state index in [0.717, 1.165) is 38.8 Å². The highest BCUT2D eigenvalue weighted by Crippen LogP contribution is 2.22. The second-order valence-electron chi connectivity index (χ2n) is 5.71. The number of carbonyl (C=O) groups is 2. The normalized spacial score (nSPS) is 18.7. The van der Waals surface area contributed by atoms with E-state index in [2.05, 4.69) is 11.4 Å². The van der Waals surface area contributed by atoms with Crippen molar-refractivity contribution in [2.24, 2.45) is 5.92 Å². The van der Waals surface area contributed by atoms with Crippen LogP contribution in [0.2, 0.25) is 0 Å². The number of amides is 1. The number of hydrogen-bond donors (Lipinski definition) is 1. The zero-order chi connectivity index (χ0) is 15.1. The molecular formula is C16H23NO3S. The summed E-state index contributed by atoms with van der Waals surface area (Å²) in [4.78, 5) is 26.1. The summed E-state index contributed by atoms with van der Waals surface area (Å²) in [5, 5.41) is 10.8. The molecule has 1 atom stereocenters. The van der Waals surface area contributed by atoms with Crippen LogP contribution in [0, 0.1) is 5.92 Å². The number of rotatable bonds is 7. The zero-order valence-corrected chi connectivity index (χ0v) is 13.1. The number of aliphatic carboxylic acids is 1. The maximum Gasteiger partial charge on any atom is 0.303 e. The SMILES string of the molecule is O=C(O)CC[C@@H]1CCCN(C(=O)CCCc2cccs2)C1. The fourth-order valence-corrected chi connectivity index (χ4v) is 3.63. The molecule has 4 nitrogen and oxygen atoms in total. The Morgan fingerprint density at radius 2 is 2.24 bits per heavy atom. The van der Waals surface area contributed by atoms with E-state index in [1.54, 1.807) is 11.3 Å². The molecule has 21 heavy (non-hydrogen) atoms. The molecule has 1 N–H and O–H groups in total. The van der Waals surface area contributed by atoms with Gasteiger partial charge in [0.25, 0.3) is 0 Å². The molecule has 1 aromatic heterocycles. The summed E-state index contributed by atoms with van der Waals surface area (Å²) in [5.74, 6) is -0.155. The summed E-state index contributed by atoms with van der Waals surface area (Å²) in [6.45, 7) is 1.58. The quantitative estimate of drug-likeness (QED) is 0.841. The van der Waals surface area contributed by atoms with Gasteiger partial charge in [-0.15, -0.1) is 11.3 Å². The van der Waals surface area contributed by atoms with E-state index >= 15 is 0 Å². The van der Waals surface area contributed by atoms with Gasteiger partial charge in [0.1, 0.15) is 0 Å². The van der Waals surface area contributed by atoms with Gasteiger partial charge >= 0.3 is 5.97 Å². The first-order chi connectivity index (χ1) is 10.1. The molecule has 1 aromatic rings. The molecule has 2 heterocycles. The smallest absolute Gasteiger partial charge is 0.303 e. The first-order valence-corrected chi connectivity index (χ1v) is 8.55. The van der Waals surface area contributed by atoms with Crippen LogP contribution in [0.5, 0.6) is 0 Å². The molecule has 1 aliphatic rings. The van der Waals surface area contributed by atoms with E-state index in [9.17, 15) is 9.59 Å². The van der Waals surface area contributed by atoms with Gasteiger partial charge in [-0.1, -0.05) is 6.07 Å². The number of aryl methyl sites for hydroxylation is 1. The largest absolute Gasteiger partial charge is 0.481 e. The Labute approximate surface area is 129 Å². The standard InChI is InChI=1S/C16H23NO3S/c18-15(7-1-5-14-6-3-11-21-14)17-10-2-4-13(12-17)8-9-16(19)20/h3,6,11,13H,1-2,4-5,7-10,12H2,(H,19,20)/t13-/m0/s1. The summed E-state index contributed by atoms with van der Waals surface area (Å²) in [6.07, 6.45) is 5.42. The molecule has 1 amide bonds. The van der Waals surface area contributed by atoms with E-state index in [0.29, 0.717) is 18.8 Å². The van der Waals surface area contributed by atoms with Crippen molar-refractivity contribution in [1.29, 1.82) is 0 Å². The van der Waals surface area contributed by atoms with Crippen LogP contribution in [0.15, 0.2) is 17.5 Å². The van der Waals surface area contributed by atoms with Crippen LogP contribution in [0.25, 0.3) is 0 Å². The zero-order valence-electron chi connectivity index (χ0n) is 12.3. The Morgan fingerprint density at radius 3 is 2.95 bits per heavy atom. The van der Waals surface area contributed by atoms with Gasteiger partial charge in [-0.05, 0) is 49.5 Å². The van der Waals surface area contributed by atoms with Gasteiger partial charge in [0.2, 0.25) is 5.91 Å². The lowest BCUT2D eigenvalue weighted by Gasteiger charge is -2.32. The molecule has 1 saturated heterocycles. The number of carboxylic acids is 1. The van der Waals surface area contributed by atoms with Crippen molar-refractivity contribution in [3.63, 3.8) is 0 Å². The maximum absolute atomic E-state index is 12.2. The van der Waals surface area contributed by atoms with Crippen LogP contribution in [-0.2, 0) is 16.0 Å². The average Bonchev–Trinajstić information content (AvgIpc) is 2.98. The number of thiophene rings is 1. The molecule has 1 fully saturated rings. The molecule has 0 unspecified atom stereocenters. The van der Waals surface area contributed by atoms with Gasteiger partial charge in [-0.2, -0.15) is 0 Å². The van der Waals surface area contributed by atoms with Gasteiger partial charge in [-0.25, -0.2) is 0 Å². The summed E-state index contributed by atoms with van der Waals surface area (Å²) < 4.78 is 0. The molecule has 5 heteroatoms. The van der Waals surface area contributed by atoms with Crippen LogP contribution < -0.4 is 0 Å². The first kappa shape index (κ1) is 16.0. The lowest BCUT2D eigenvalue weighted by Crippen LogP contribution is -2.40. The molecule has 2 rings (SSSR count). The van der Waals surface area contributed by atoms with Gasteiger partial charge in [-0.3, -0.25) is 9.59 Å². The Morgan fingerprint density at radius 1 is 1.38 bits per heavy atom. The van der Waals surface area contributed by atoms with Gasteiger partial charge in [0.15, 0.2) is 0 Å². The lowest BCUT2D eigenvalue weighted by atomic mass is 9.93. The fourth-order valence-electron chi connectivity index (χ4n) is 2.88. The molecule has 0 aliphatic carbocycles. The Balaban J connectivity index is 1.70. The second-order valence-corrected chi connectivity index (χ2v) is 6.75. The van der Waals surface area contributed by atoms with Crippen molar-refractivity contribution in [3.05, 3.63) is 22.4 Å². The van der Waals surface area contributed by atoms with Crippen molar-refractivity contribution in [1.82, 2.24) is 4.90 Å². The van der Waals surface area contributed by atoms with Crippen molar-refractivity contribution in [3.8, 4) is 0 Å². The van der Waals surface area contributed by atoms with E-state index in [-0.39, 0.29) is 12.3 Å². The molecular weight excluding hydrogens is 286 g/mol. The Kier molecular flexibility index (Phi) is 6.23. The number of carboxylic acid groups (broad SMARTS) is 1. The highest BCUT2D eigenvalue weighted by molar-refractivity contribution is 7.09. The summed E-state index contributed by atoms with van der Waals surface area (Å²) in [7, 11) is 0. The first-order valence-electron chi connectivity index (χ1n) is 7.67. The topological polar surface area (TPSA) is 57.6 Å². The fraction of sp³-hybridized carbons (Fsp3) is 0.625. The number of nitrogens with zero attached hydrogens (tertiary/aromatic N) is 1. The van der Waals surface area contributed by atoms with Crippen molar-refractivity contribution in [2.45, 2.75) is 44.9 Å². The summed E-state index contributed by atoms with van der Waals surface area (Å²) in [5.41, 5.74) is 0. The monoisotopic (exact) mass is 309 g/mol. The molecule has 0 radical (unpaired) electrons. The minimum Gasteiger partial charge on any atom is -0.481 e. The third kappa shape index (κ3) is 5.50. The Hall–Kier alpha value is -1.36. The number of hydrogen-bond acceptors (Lipinski definition) is 3. The molecule has 0 aromatic carbocycles. The Bertz CT molecular complexity index is 458. The van der Waals surface area contributed by atoms with Crippen LogP contribution in [0.1, 0.15) is 43.4 Å². The lowest BCUT2D eigenvalue weighted by molar-refractivity contribution is -0.137. The third-order valence-electron chi connectivity index (χ3n) is 4.03. The molecule has 116 valence electrons. The van der Waals surface area contributed by atoms with Gasteiger partial charge in [0.05, 0.1) is 0 Å². The minimum absolute atomic E-state index is 0.213. The van der Waals surface area contributed by atoms with E-state index in [1.165, 1.54) is 4.88 Å². The van der Waals surface area contributed by atoms with Crippen molar-refractivity contribution in [2.75, 3.05) is 13.1 Å². The third-order valence-corrected chi connectivity index (χ3v) is 4.97. The average molecular weight is 309 g/mol. The molecule has 0 bridgehead atoms. The summed E-state index contributed by atoms with van der Waals surface area (Å²) in [6, 6.07) is 4.15. The van der Waals surface area contributed by atoms with Crippen molar-refractivity contribution >= 4 is 23.2 Å². The van der Waals surface area contributed by atoms with Gasteiger partial charge < -0.3 is 10.0 Å². The minimum atomic E-state index is -0.741. The predicted octanol–water partition coefficient (Wildman–Crippen LogP) is 3.17. The number of piperidine rings is 1. The highest BCUT2D eigenvalue weighted by Gasteiger charge is 2.23. The van der Waals surface area contributed by atoms with Crippen LogP contribution in [0.3, 0.4) is 0 Å². The second kappa shape index (κ2) is 8.17. The maximum atomic E-state index is 12.2. The van der Waals surface area contributed by atoms with E-state index in [1.807, 2.05) is 11.0 Å². The molecule has 0 saturated carbocycles. The summed E-state index contributed by atoms with van der Waals surface area (Å²) >= 11 is 1.74. The van der Waals surface area contributed by atoms with Crippen LogP contribution in [0.4, 0.5) is 0 Å². The van der Waals surface area contributed by atoms with E-state index in [4.69, 9.17) is 5.11 Å². The molecule has 0 spiro atoms. The molecule has 1 aliphatic heterocycles. The number of likely N-dealkylation sites (tertiary alicyclic amines) is 1. The van der Waals surface area contributed by atoms with Crippen LogP contribution in [-0.4, -0.2) is 35.0 Å². The number of carbonyl (C=O) groups excluding carboxylic acids is 1. The highest BCUT2D eigenvalue weighted by atomic mass is 32.1. The van der Waals surface area contributed by atoms with E-state index < -0.39 is 5.97 Å². The van der Waals surface area contributed by atoms with Crippen LogP contribution >= 0.6 is 11.3 Å².